The minimum absolute atomic E-state index is 0.168. The molecule has 3 N–H and O–H groups in total. The highest BCUT2D eigenvalue weighted by atomic mass is 16.5. The van der Waals surface area contributed by atoms with Gasteiger partial charge in [-0.2, -0.15) is 0 Å². The molecule has 1 heterocycles. The Balaban J connectivity index is 1.94. The molecule has 0 aliphatic rings. The molecule has 3 rings (SSSR count). The molecule has 0 atom stereocenters. The van der Waals surface area contributed by atoms with Gasteiger partial charge in [0.25, 0.3) is 5.91 Å². The number of carbonyl (C=O) groups excluding carboxylic acids is 1. The summed E-state index contributed by atoms with van der Waals surface area (Å²) in [6, 6.07) is 18.0. The second-order valence-corrected chi connectivity index (χ2v) is 5.52. The van der Waals surface area contributed by atoms with E-state index in [1.54, 1.807) is 50.6 Å². The van der Waals surface area contributed by atoms with Gasteiger partial charge in [0.1, 0.15) is 0 Å². The lowest BCUT2D eigenvalue weighted by molar-refractivity contribution is 0.102. The van der Waals surface area contributed by atoms with Gasteiger partial charge in [-0.1, -0.05) is 18.2 Å². The molecular weight excluding hydrogens is 330 g/mol. The van der Waals surface area contributed by atoms with Crippen LogP contribution in [0.5, 0.6) is 11.5 Å². The lowest BCUT2D eigenvalue weighted by Crippen LogP contribution is -2.16. The summed E-state index contributed by atoms with van der Waals surface area (Å²) >= 11 is 0. The predicted molar refractivity (Wildman–Crippen MR) is 102 cm³/mol. The number of anilines is 2. The summed E-state index contributed by atoms with van der Waals surface area (Å²) in [5.41, 5.74) is 8.51. The van der Waals surface area contributed by atoms with Gasteiger partial charge in [0.15, 0.2) is 17.2 Å². The number of carbonyl (C=O) groups is 1. The van der Waals surface area contributed by atoms with Crippen molar-refractivity contribution in [1.29, 1.82) is 0 Å². The summed E-state index contributed by atoms with van der Waals surface area (Å²) < 4.78 is 10.6. The number of nitrogen functional groups attached to an aromatic ring is 1. The van der Waals surface area contributed by atoms with Gasteiger partial charge in [0.05, 0.1) is 25.6 Å². The lowest BCUT2D eigenvalue weighted by Gasteiger charge is -2.11. The van der Waals surface area contributed by atoms with Crippen molar-refractivity contribution < 1.29 is 14.3 Å². The van der Waals surface area contributed by atoms with E-state index in [-0.39, 0.29) is 11.6 Å². The average molecular weight is 349 g/mol. The number of nitrogens with zero attached hydrogens (tertiary/aromatic N) is 1. The number of para-hydroxylation sites is 1. The average Bonchev–Trinajstić information content (AvgIpc) is 2.68. The molecule has 132 valence electrons. The molecule has 26 heavy (non-hydrogen) atoms. The van der Waals surface area contributed by atoms with E-state index in [9.17, 15) is 4.79 Å². The molecule has 0 saturated heterocycles. The van der Waals surface area contributed by atoms with Gasteiger partial charge >= 0.3 is 0 Å². The molecule has 0 bridgehead atoms. The van der Waals surface area contributed by atoms with Crippen molar-refractivity contribution in [3.05, 3.63) is 66.4 Å². The molecule has 0 unspecified atom stereocenters. The van der Waals surface area contributed by atoms with Crippen molar-refractivity contribution in [3.8, 4) is 22.8 Å². The molecular formula is C20H19N3O3. The van der Waals surface area contributed by atoms with Crippen molar-refractivity contribution in [3.63, 3.8) is 0 Å². The number of methoxy groups -OCH3 is 2. The molecule has 3 aromatic rings. The van der Waals surface area contributed by atoms with Gasteiger partial charge in [-0.05, 0) is 42.5 Å². The van der Waals surface area contributed by atoms with Crippen molar-refractivity contribution in [2.75, 3.05) is 25.3 Å². The molecule has 6 heteroatoms. The molecule has 0 saturated carbocycles. The number of hydrogen-bond donors (Lipinski definition) is 2. The SMILES string of the molecule is COc1ccc(-c2ccc(N)c(C(=O)Nc3ccccc3)n2)cc1OC. The van der Waals surface area contributed by atoms with E-state index < -0.39 is 0 Å². The first-order chi connectivity index (χ1) is 12.6. The molecule has 1 aromatic heterocycles. The van der Waals surface area contributed by atoms with Crippen LogP contribution < -0.4 is 20.5 Å². The van der Waals surface area contributed by atoms with Crippen molar-refractivity contribution in [2.45, 2.75) is 0 Å². The fourth-order valence-electron chi connectivity index (χ4n) is 2.52. The molecule has 0 spiro atoms. The van der Waals surface area contributed by atoms with Crippen LogP contribution in [0.2, 0.25) is 0 Å². The third-order valence-corrected chi connectivity index (χ3v) is 3.85. The molecule has 0 fully saturated rings. The standard InChI is InChI=1S/C20H19N3O3/c1-25-17-11-8-13(12-18(17)26-2)16-10-9-15(21)19(23-16)20(24)22-14-6-4-3-5-7-14/h3-12H,21H2,1-2H3,(H,22,24). The van der Waals surface area contributed by atoms with Gasteiger partial charge in [-0.15, -0.1) is 0 Å². The smallest absolute Gasteiger partial charge is 0.276 e. The zero-order valence-corrected chi connectivity index (χ0v) is 14.5. The highest BCUT2D eigenvalue weighted by Crippen LogP contribution is 2.32. The number of hydrogen-bond acceptors (Lipinski definition) is 5. The summed E-state index contributed by atoms with van der Waals surface area (Å²) in [7, 11) is 3.14. The lowest BCUT2D eigenvalue weighted by atomic mass is 10.1. The number of nitrogens with two attached hydrogens (primary N) is 1. The molecule has 2 aromatic carbocycles. The van der Waals surface area contributed by atoms with Crippen LogP contribution in [0.3, 0.4) is 0 Å². The van der Waals surface area contributed by atoms with Gasteiger partial charge in [0, 0.05) is 11.3 Å². The fraction of sp³-hybridized carbons (Fsp3) is 0.100. The number of benzene rings is 2. The number of nitrogens with one attached hydrogen (secondary N) is 1. The van der Waals surface area contributed by atoms with Crippen LogP contribution in [0.15, 0.2) is 60.7 Å². The van der Waals surface area contributed by atoms with Gasteiger partial charge in [-0.25, -0.2) is 4.98 Å². The Labute approximate surface area is 151 Å². The Morgan fingerprint density at radius 2 is 1.69 bits per heavy atom. The Hall–Kier alpha value is -3.54. The van der Waals surface area contributed by atoms with Gasteiger partial charge in [-0.3, -0.25) is 4.79 Å². The van der Waals surface area contributed by atoms with Crippen LogP contribution in [-0.4, -0.2) is 25.1 Å². The van der Waals surface area contributed by atoms with E-state index in [1.165, 1.54) is 0 Å². The predicted octanol–water partition coefficient (Wildman–Crippen LogP) is 3.60. The Morgan fingerprint density at radius 1 is 0.962 bits per heavy atom. The summed E-state index contributed by atoms with van der Waals surface area (Å²) in [4.78, 5) is 17.0. The van der Waals surface area contributed by atoms with Crippen LogP contribution in [-0.2, 0) is 0 Å². The number of aromatic nitrogens is 1. The van der Waals surface area contributed by atoms with Gasteiger partial charge < -0.3 is 20.5 Å². The molecule has 1 amide bonds. The number of rotatable bonds is 5. The van der Waals surface area contributed by atoms with E-state index in [4.69, 9.17) is 15.2 Å². The van der Waals surface area contributed by atoms with Crippen molar-refractivity contribution >= 4 is 17.3 Å². The highest BCUT2D eigenvalue weighted by Gasteiger charge is 2.15. The second kappa shape index (κ2) is 7.57. The van der Waals surface area contributed by atoms with Crippen LogP contribution in [0, 0.1) is 0 Å². The maximum absolute atomic E-state index is 12.5. The maximum atomic E-state index is 12.5. The van der Waals surface area contributed by atoms with E-state index >= 15 is 0 Å². The van der Waals surface area contributed by atoms with E-state index in [2.05, 4.69) is 10.3 Å². The Bertz CT molecular complexity index is 927. The Morgan fingerprint density at radius 3 is 2.38 bits per heavy atom. The molecule has 0 aliphatic carbocycles. The quantitative estimate of drug-likeness (QED) is 0.735. The zero-order chi connectivity index (χ0) is 18.5. The zero-order valence-electron chi connectivity index (χ0n) is 14.5. The topological polar surface area (TPSA) is 86.5 Å². The van der Waals surface area contributed by atoms with Crippen LogP contribution in [0.25, 0.3) is 11.3 Å². The Kier molecular flexibility index (Phi) is 5.03. The number of ether oxygens (including phenoxy) is 2. The first-order valence-corrected chi connectivity index (χ1v) is 7.97. The molecule has 0 aliphatic heterocycles. The van der Waals surface area contributed by atoms with Crippen molar-refractivity contribution in [1.82, 2.24) is 4.98 Å². The van der Waals surface area contributed by atoms with Crippen LogP contribution in [0.4, 0.5) is 11.4 Å². The van der Waals surface area contributed by atoms with Gasteiger partial charge in [0.2, 0.25) is 0 Å². The fourth-order valence-corrected chi connectivity index (χ4v) is 2.52. The van der Waals surface area contributed by atoms with E-state index in [0.29, 0.717) is 28.6 Å². The largest absolute Gasteiger partial charge is 0.493 e. The summed E-state index contributed by atoms with van der Waals surface area (Å²) in [6.07, 6.45) is 0. The molecule has 6 nitrogen and oxygen atoms in total. The third kappa shape index (κ3) is 3.59. The summed E-state index contributed by atoms with van der Waals surface area (Å²) in [6.45, 7) is 0. The van der Waals surface area contributed by atoms with Crippen LogP contribution >= 0.6 is 0 Å². The highest BCUT2D eigenvalue weighted by molar-refractivity contribution is 6.06. The normalized spacial score (nSPS) is 10.2. The first kappa shape index (κ1) is 17.3. The van der Waals surface area contributed by atoms with E-state index in [0.717, 1.165) is 5.56 Å². The summed E-state index contributed by atoms with van der Waals surface area (Å²) in [5.74, 6) is 0.837. The number of amides is 1. The molecule has 0 radical (unpaired) electrons. The van der Waals surface area contributed by atoms with E-state index in [1.807, 2.05) is 24.3 Å². The van der Waals surface area contributed by atoms with Crippen LogP contribution in [0.1, 0.15) is 10.5 Å². The van der Waals surface area contributed by atoms with Crippen molar-refractivity contribution in [2.24, 2.45) is 0 Å². The third-order valence-electron chi connectivity index (χ3n) is 3.85. The number of pyridine rings is 1. The maximum Gasteiger partial charge on any atom is 0.276 e. The minimum Gasteiger partial charge on any atom is -0.493 e. The summed E-state index contributed by atoms with van der Waals surface area (Å²) in [5, 5.41) is 2.79. The monoisotopic (exact) mass is 349 g/mol. The first-order valence-electron chi connectivity index (χ1n) is 7.97. The second-order valence-electron chi connectivity index (χ2n) is 5.52. The minimum atomic E-state index is -0.365.